The molecule has 106 valence electrons. The highest BCUT2D eigenvalue weighted by Crippen LogP contribution is 2.19. The summed E-state index contributed by atoms with van der Waals surface area (Å²) in [5, 5.41) is 7.82. The van der Waals surface area contributed by atoms with Crippen molar-refractivity contribution in [3.05, 3.63) is 35.1 Å². The fraction of sp³-hybridized carbons (Fsp3) is 0.538. The van der Waals surface area contributed by atoms with Gasteiger partial charge in [0.2, 0.25) is 10.0 Å². The molecule has 1 aliphatic heterocycles. The minimum atomic E-state index is -3.46. The third kappa shape index (κ3) is 3.75. The van der Waals surface area contributed by atoms with Crippen molar-refractivity contribution in [3.8, 4) is 0 Å². The number of benzene rings is 1. The van der Waals surface area contributed by atoms with E-state index in [-0.39, 0.29) is 11.9 Å². The van der Waals surface area contributed by atoms with Crippen LogP contribution in [0.4, 0.5) is 4.39 Å². The monoisotopic (exact) mass is 286 g/mol. The van der Waals surface area contributed by atoms with E-state index < -0.39 is 15.3 Å². The maximum absolute atomic E-state index is 13.2. The van der Waals surface area contributed by atoms with Gasteiger partial charge in [0.1, 0.15) is 5.82 Å². The number of primary sulfonamides is 1. The zero-order chi connectivity index (χ0) is 14.0. The van der Waals surface area contributed by atoms with Crippen LogP contribution in [0, 0.1) is 12.7 Å². The molecule has 1 aliphatic rings. The first-order valence-corrected chi connectivity index (χ1v) is 7.97. The summed E-state index contributed by atoms with van der Waals surface area (Å²) >= 11 is 0. The van der Waals surface area contributed by atoms with E-state index in [1.807, 2.05) is 6.92 Å². The SMILES string of the molecule is Cc1ccc(F)cc1CC1CCC(S(N)(=O)=O)CN1. The summed E-state index contributed by atoms with van der Waals surface area (Å²) in [6, 6.07) is 4.94. The summed E-state index contributed by atoms with van der Waals surface area (Å²) in [6.45, 7) is 2.32. The van der Waals surface area contributed by atoms with E-state index in [0.29, 0.717) is 19.4 Å². The molecule has 2 unspecified atom stereocenters. The lowest BCUT2D eigenvalue weighted by molar-refractivity contribution is 0.395. The number of nitrogens with one attached hydrogen (secondary N) is 1. The first-order valence-electron chi connectivity index (χ1n) is 6.36. The molecule has 1 saturated heterocycles. The molecule has 2 atom stereocenters. The number of nitrogens with two attached hydrogens (primary N) is 1. The van der Waals surface area contributed by atoms with Crippen LogP contribution in [0.1, 0.15) is 24.0 Å². The van der Waals surface area contributed by atoms with Crippen LogP contribution in [-0.2, 0) is 16.4 Å². The normalized spacial score (nSPS) is 24.4. The van der Waals surface area contributed by atoms with Crippen molar-refractivity contribution in [1.82, 2.24) is 5.32 Å². The number of hydrogen-bond acceptors (Lipinski definition) is 3. The Morgan fingerprint density at radius 2 is 2.16 bits per heavy atom. The lowest BCUT2D eigenvalue weighted by atomic mass is 9.95. The Labute approximate surface area is 113 Å². The van der Waals surface area contributed by atoms with Gasteiger partial charge in [0.25, 0.3) is 0 Å². The van der Waals surface area contributed by atoms with E-state index in [4.69, 9.17) is 5.14 Å². The van der Waals surface area contributed by atoms with Crippen molar-refractivity contribution in [2.45, 2.75) is 37.5 Å². The quantitative estimate of drug-likeness (QED) is 0.873. The Bertz CT molecular complexity index is 552. The van der Waals surface area contributed by atoms with Gasteiger partial charge in [-0.15, -0.1) is 0 Å². The molecule has 1 aromatic carbocycles. The number of rotatable bonds is 3. The number of piperidine rings is 1. The van der Waals surface area contributed by atoms with Crippen molar-refractivity contribution in [2.75, 3.05) is 6.54 Å². The molecule has 0 radical (unpaired) electrons. The van der Waals surface area contributed by atoms with Crippen LogP contribution in [0.25, 0.3) is 0 Å². The Balaban J connectivity index is 1.98. The first-order chi connectivity index (χ1) is 8.86. The molecule has 6 heteroatoms. The molecule has 0 aliphatic carbocycles. The van der Waals surface area contributed by atoms with Crippen LogP contribution in [0.2, 0.25) is 0 Å². The predicted molar refractivity (Wildman–Crippen MR) is 72.8 cm³/mol. The predicted octanol–water partition coefficient (Wildman–Crippen LogP) is 1.09. The van der Waals surface area contributed by atoms with Gasteiger partial charge in [-0.25, -0.2) is 17.9 Å². The number of sulfonamides is 1. The molecule has 0 amide bonds. The van der Waals surface area contributed by atoms with Crippen LogP contribution < -0.4 is 10.5 Å². The molecule has 0 bridgehead atoms. The maximum atomic E-state index is 13.2. The summed E-state index contributed by atoms with van der Waals surface area (Å²) < 4.78 is 35.7. The van der Waals surface area contributed by atoms with E-state index in [1.54, 1.807) is 12.1 Å². The van der Waals surface area contributed by atoms with Crippen LogP contribution in [-0.4, -0.2) is 26.3 Å². The van der Waals surface area contributed by atoms with Gasteiger partial charge < -0.3 is 5.32 Å². The Morgan fingerprint density at radius 1 is 1.42 bits per heavy atom. The average molecular weight is 286 g/mol. The summed E-state index contributed by atoms with van der Waals surface area (Å²) in [6.07, 6.45) is 2.00. The Hall–Kier alpha value is -0.980. The van der Waals surface area contributed by atoms with Crippen LogP contribution in [0.3, 0.4) is 0 Å². The van der Waals surface area contributed by atoms with Crippen LogP contribution >= 0.6 is 0 Å². The van der Waals surface area contributed by atoms with Gasteiger partial charge in [0, 0.05) is 12.6 Å². The molecule has 1 aromatic rings. The van der Waals surface area contributed by atoms with Crippen molar-refractivity contribution in [3.63, 3.8) is 0 Å². The van der Waals surface area contributed by atoms with Gasteiger partial charge in [0.05, 0.1) is 5.25 Å². The molecule has 0 aromatic heterocycles. The van der Waals surface area contributed by atoms with Gasteiger partial charge in [-0.3, -0.25) is 0 Å². The lowest BCUT2D eigenvalue weighted by Gasteiger charge is -2.29. The maximum Gasteiger partial charge on any atom is 0.213 e. The van der Waals surface area contributed by atoms with Crippen molar-refractivity contribution in [2.24, 2.45) is 5.14 Å². The molecule has 1 fully saturated rings. The van der Waals surface area contributed by atoms with Crippen molar-refractivity contribution in [1.29, 1.82) is 0 Å². The zero-order valence-electron chi connectivity index (χ0n) is 10.9. The van der Waals surface area contributed by atoms with E-state index in [9.17, 15) is 12.8 Å². The molecule has 19 heavy (non-hydrogen) atoms. The number of halogens is 1. The molecule has 0 spiro atoms. The number of aryl methyl sites for hydroxylation is 1. The Kier molecular flexibility index (Phi) is 4.23. The third-order valence-corrected chi connectivity index (χ3v) is 5.05. The van der Waals surface area contributed by atoms with Crippen molar-refractivity contribution < 1.29 is 12.8 Å². The molecule has 2 rings (SSSR count). The standard InChI is InChI=1S/C13H19FN2O2S/c1-9-2-3-11(14)6-10(9)7-12-4-5-13(8-16-12)19(15,17)18/h2-3,6,12-13,16H,4-5,7-8H2,1H3,(H2,15,17,18). The molecule has 0 saturated carbocycles. The topological polar surface area (TPSA) is 72.2 Å². The highest BCUT2D eigenvalue weighted by atomic mass is 32.2. The molecule has 1 heterocycles. The highest BCUT2D eigenvalue weighted by Gasteiger charge is 2.28. The lowest BCUT2D eigenvalue weighted by Crippen LogP contribution is -2.47. The molecular weight excluding hydrogens is 267 g/mol. The summed E-state index contributed by atoms with van der Waals surface area (Å²) in [5.41, 5.74) is 2.02. The average Bonchev–Trinajstić information content (AvgIpc) is 2.33. The van der Waals surface area contributed by atoms with Crippen LogP contribution in [0.5, 0.6) is 0 Å². The van der Waals surface area contributed by atoms with Gasteiger partial charge in [-0.2, -0.15) is 0 Å². The fourth-order valence-corrected chi connectivity index (χ4v) is 3.26. The second kappa shape index (κ2) is 5.56. The number of hydrogen-bond donors (Lipinski definition) is 2. The first kappa shape index (κ1) is 14.4. The van der Waals surface area contributed by atoms with E-state index in [2.05, 4.69) is 5.32 Å². The molecule has 4 nitrogen and oxygen atoms in total. The highest BCUT2D eigenvalue weighted by molar-refractivity contribution is 7.89. The minimum absolute atomic E-state index is 0.179. The zero-order valence-corrected chi connectivity index (χ0v) is 11.7. The largest absolute Gasteiger partial charge is 0.312 e. The molecular formula is C13H19FN2O2S. The third-order valence-electron chi connectivity index (χ3n) is 3.71. The van der Waals surface area contributed by atoms with E-state index >= 15 is 0 Å². The minimum Gasteiger partial charge on any atom is -0.312 e. The smallest absolute Gasteiger partial charge is 0.213 e. The van der Waals surface area contributed by atoms with Gasteiger partial charge in [0.15, 0.2) is 0 Å². The van der Waals surface area contributed by atoms with Crippen LogP contribution in [0.15, 0.2) is 18.2 Å². The second-order valence-electron chi connectivity index (χ2n) is 5.17. The summed E-state index contributed by atoms with van der Waals surface area (Å²) in [4.78, 5) is 0. The van der Waals surface area contributed by atoms with E-state index in [1.165, 1.54) is 6.07 Å². The molecule has 3 N–H and O–H groups in total. The van der Waals surface area contributed by atoms with Gasteiger partial charge in [-0.1, -0.05) is 6.07 Å². The van der Waals surface area contributed by atoms with Gasteiger partial charge >= 0.3 is 0 Å². The Morgan fingerprint density at radius 3 is 2.74 bits per heavy atom. The van der Waals surface area contributed by atoms with Gasteiger partial charge in [-0.05, 0) is 49.4 Å². The fourth-order valence-electron chi connectivity index (χ4n) is 2.47. The summed E-state index contributed by atoms with van der Waals surface area (Å²) in [7, 11) is -3.46. The van der Waals surface area contributed by atoms with Crippen molar-refractivity contribution >= 4 is 10.0 Å². The summed E-state index contributed by atoms with van der Waals surface area (Å²) in [5.74, 6) is -0.237. The van der Waals surface area contributed by atoms with E-state index in [0.717, 1.165) is 17.5 Å². The second-order valence-corrected chi connectivity index (χ2v) is 7.01.